The van der Waals surface area contributed by atoms with Crippen LogP contribution in [0.25, 0.3) is 0 Å². The lowest BCUT2D eigenvalue weighted by atomic mass is 10.0. The van der Waals surface area contributed by atoms with E-state index in [2.05, 4.69) is 15.2 Å². The van der Waals surface area contributed by atoms with Crippen molar-refractivity contribution in [2.45, 2.75) is 32.3 Å². The normalized spacial score (nSPS) is 16.5. The second-order valence-electron chi connectivity index (χ2n) is 8.06. The predicted molar refractivity (Wildman–Crippen MR) is 116 cm³/mol. The zero-order chi connectivity index (χ0) is 21.3. The van der Waals surface area contributed by atoms with Gasteiger partial charge in [-0.2, -0.15) is 0 Å². The van der Waals surface area contributed by atoms with E-state index in [0.29, 0.717) is 30.0 Å². The summed E-state index contributed by atoms with van der Waals surface area (Å²) in [5.41, 5.74) is 3.65. The van der Waals surface area contributed by atoms with Crippen LogP contribution in [0.4, 0.5) is 11.5 Å². The monoisotopic (exact) mass is 408 g/mol. The Bertz CT molecular complexity index is 967. The van der Waals surface area contributed by atoms with Crippen molar-refractivity contribution in [3.05, 3.63) is 52.7 Å². The Kier molecular flexibility index (Phi) is 5.72. The number of fused-ring (bicyclic) bond motifs is 1. The Hall–Kier alpha value is -2.93. The molecule has 7 nitrogen and oxygen atoms in total. The van der Waals surface area contributed by atoms with E-state index in [0.717, 1.165) is 42.8 Å². The smallest absolute Gasteiger partial charge is 0.274 e. The molecule has 0 radical (unpaired) electrons. The molecule has 3 heterocycles. The van der Waals surface area contributed by atoms with Crippen LogP contribution in [0.5, 0.6) is 0 Å². The predicted octanol–water partition coefficient (Wildman–Crippen LogP) is 2.89. The van der Waals surface area contributed by atoms with Crippen molar-refractivity contribution >= 4 is 23.3 Å². The zero-order valence-corrected chi connectivity index (χ0v) is 17.8. The van der Waals surface area contributed by atoms with Gasteiger partial charge in [-0.1, -0.05) is 12.1 Å². The maximum Gasteiger partial charge on any atom is 0.274 e. The number of hydrogen-bond donors (Lipinski definition) is 1. The molecule has 4 rings (SSSR count). The fraction of sp³-hybridized carbons (Fsp3) is 0.435. The van der Waals surface area contributed by atoms with E-state index in [1.165, 1.54) is 0 Å². The molecule has 0 unspecified atom stereocenters. The number of ether oxygens (including phenoxy) is 1. The Labute approximate surface area is 177 Å². The lowest BCUT2D eigenvalue weighted by Gasteiger charge is -2.31. The number of rotatable bonds is 4. The SMILES string of the molecule is COC1CCN(C(=O)c2ccc(C)c(NC(=O)c3ccc4c(n3)N(C)CC4)c2)CC1. The van der Waals surface area contributed by atoms with Gasteiger partial charge < -0.3 is 19.9 Å². The van der Waals surface area contributed by atoms with Gasteiger partial charge in [-0.05, 0) is 55.5 Å². The molecule has 0 atom stereocenters. The summed E-state index contributed by atoms with van der Waals surface area (Å²) in [5.74, 6) is 0.576. The standard InChI is InChI=1S/C23H28N4O3/c1-15-4-5-17(23(29)27-12-9-18(30-3)10-13-27)14-20(15)25-22(28)19-7-6-16-8-11-26(2)21(16)24-19/h4-7,14,18H,8-13H2,1-3H3,(H,25,28). The van der Waals surface area contributed by atoms with E-state index in [4.69, 9.17) is 4.74 Å². The topological polar surface area (TPSA) is 74.8 Å². The molecule has 1 fully saturated rings. The first kappa shape index (κ1) is 20.3. The van der Waals surface area contributed by atoms with Gasteiger partial charge in [0.1, 0.15) is 11.5 Å². The number of amides is 2. The van der Waals surface area contributed by atoms with Crippen LogP contribution in [0.2, 0.25) is 0 Å². The first-order valence-corrected chi connectivity index (χ1v) is 10.4. The average molecular weight is 409 g/mol. The molecule has 1 aromatic heterocycles. The molecule has 1 saturated heterocycles. The Morgan fingerprint density at radius 2 is 1.90 bits per heavy atom. The number of likely N-dealkylation sites (tertiary alicyclic amines) is 1. The van der Waals surface area contributed by atoms with Crippen molar-refractivity contribution in [1.29, 1.82) is 0 Å². The van der Waals surface area contributed by atoms with Crippen molar-refractivity contribution in [3.63, 3.8) is 0 Å². The van der Waals surface area contributed by atoms with Gasteiger partial charge in [0.2, 0.25) is 0 Å². The number of carbonyl (C=O) groups is 2. The van der Waals surface area contributed by atoms with Gasteiger partial charge in [0.05, 0.1) is 6.10 Å². The van der Waals surface area contributed by atoms with Crippen LogP contribution in [0.15, 0.2) is 30.3 Å². The highest BCUT2D eigenvalue weighted by atomic mass is 16.5. The number of aromatic nitrogens is 1. The van der Waals surface area contributed by atoms with Crippen LogP contribution in [0.3, 0.4) is 0 Å². The highest BCUT2D eigenvalue weighted by molar-refractivity contribution is 6.04. The van der Waals surface area contributed by atoms with Crippen LogP contribution in [-0.4, -0.2) is 61.6 Å². The molecule has 2 aliphatic heterocycles. The van der Waals surface area contributed by atoms with Crippen molar-refractivity contribution in [1.82, 2.24) is 9.88 Å². The largest absolute Gasteiger partial charge is 0.381 e. The molecule has 0 saturated carbocycles. The number of methoxy groups -OCH3 is 1. The number of benzene rings is 1. The second-order valence-corrected chi connectivity index (χ2v) is 8.06. The summed E-state index contributed by atoms with van der Waals surface area (Å²) in [4.78, 5) is 34.2. The lowest BCUT2D eigenvalue weighted by molar-refractivity contribution is 0.0350. The Morgan fingerprint density at radius 1 is 1.13 bits per heavy atom. The van der Waals surface area contributed by atoms with E-state index in [1.54, 1.807) is 19.2 Å². The van der Waals surface area contributed by atoms with Gasteiger partial charge in [-0.25, -0.2) is 4.98 Å². The quantitative estimate of drug-likeness (QED) is 0.842. The molecule has 1 aromatic carbocycles. The van der Waals surface area contributed by atoms with E-state index >= 15 is 0 Å². The van der Waals surface area contributed by atoms with Gasteiger partial charge >= 0.3 is 0 Å². The maximum atomic E-state index is 12.9. The number of piperidine rings is 1. The highest BCUT2D eigenvalue weighted by Crippen LogP contribution is 2.25. The van der Waals surface area contributed by atoms with Crippen LogP contribution in [-0.2, 0) is 11.2 Å². The number of nitrogens with one attached hydrogen (secondary N) is 1. The number of nitrogens with zero attached hydrogens (tertiary/aromatic N) is 3. The van der Waals surface area contributed by atoms with Crippen LogP contribution in [0, 0.1) is 6.92 Å². The van der Waals surface area contributed by atoms with Gasteiger partial charge in [0.25, 0.3) is 11.8 Å². The molecule has 0 spiro atoms. The summed E-state index contributed by atoms with van der Waals surface area (Å²) >= 11 is 0. The Morgan fingerprint density at radius 3 is 2.63 bits per heavy atom. The van der Waals surface area contributed by atoms with Crippen LogP contribution >= 0.6 is 0 Å². The molecule has 2 aromatic rings. The molecule has 30 heavy (non-hydrogen) atoms. The van der Waals surface area contributed by atoms with Crippen molar-refractivity contribution in [2.24, 2.45) is 0 Å². The third-order valence-corrected chi connectivity index (χ3v) is 6.06. The molecular formula is C23H28N4O3. The fourth-order valence-electron chi connectivity index (χ4n) is 4.08. The summed E-state index contributed by atoms with van der Waals surface area (Å²) in [6, 6.07) is 9.18. The van der Waals surface area contributed by atoms with Gasteiger partial charge in [-0.3, -0.25) is 9.59 Å². The summed E-state index contributed by atoms with van der Waals surface area (Å²) in [6.07, 6.45) is 2.86. The molecule has 2 aliphatic rings. The van der Waals surface area contributed by atoms with Crippen molar-refractivity contribution in [2.75, 3.05) is 44.0 Å². The molecular weight excluding hydrogens is 380 g/mol. The minimum absolute atomic E-state index is 0.0164. The number of pyridine rings is 1. The molecule has 2 amide bonds. The van der Waals surface area contributed by atoms with E-state index in [9.17, 15) is 9.59 Å². The van der Waals surface area contributed by atoms with Crippen LogP contribution in [0.1, 0.15) is 44.8 Å². The van der Waals surface area contributed by atoms with Crippen molar-refractivity contribution in [3.8, 4) is 0 Å². The number of aryl methyl sites for hydroxylation is 1. The lowest BCUT2D eigenvalue weighted by Crippen LogP contribution is -2.40. The van der Waals surface area contributed by atoms with Crippen molar-refractivity contribution < 1.29 is 14.3 Å². The average Bonchev–Trinajstić information content (AvgIpc) is 3.15. The molecule has 0 bridgehead atoms. The molecule has 7 heteroatoms. The number of likely N-dealkylation sites (N-methyl/N-ethyl adjacent to an activating group) is 1. The molecule has 158 valence electrons. The van der Waals surface area contributed by atoms with E-state index < -0.39 is 0 Å². The van der Waals surface area contributed by atoms with Gasteiger partial charge in [0, 0.05) is 45.0 Å². The number of carbonyl (C=O) groups excluding carboxylic acids is 2. The first-order chi connectivity index (χ1) is 14.5. The van der Waals surface area contributed by atoms with Gasteiger partial charge in [-0.15, -0.1) is 0 Å². The van der Waals surface area contributed by atoms with Gasteiger partial charge in [0.15, 0.2) is 0 Å². The number of anilines is 2. The highest BCUT2D eigenvalue weighted by Gasteiger charge is 2.24. The maximum absolute atomic E-state index is 12.9. The Balaban J connectivity index is 1.49. The minimum Gasteiger partial charge on any atom is -0.381 e. The summed E-state index contributed by atoms with van der Waals surface area (Å²) in [5, 5.41) is 2.94. The van der Waals surface area contributed by atoms with Crippen LogP contribution < -0.4 is 10.2 Å². The number of hydrogen-bond acceptors (Lipinski definition) is 5. The summed E-state index contributed by atoms with van der Waals surface area (Å²) in [6.45, 7) is 4.19. The first-order valence-electron chi connectivity index (χ1n) is 10.4. The van der Waals surface area contributed by atoms with E-state index in [-0.39, 0.29) is 17.9 Å². The second kappa shape index (κ2) is 8.44. The molecule has 1 N–H and O–H groups in total. The summed E-state index contributed by atoms with van der Waals surface area (Å²) in [7, 11) is 3.69. The fourth-order valence-corrected chi connectivity index (χ4v) is 4.08. The molecule has 0 aliphatic carbocycles. The minimum atomic E-state index is -0.272. The van der Waals surface area contributed by atoms with E-state index in [1.807, 2.05) is 37.1 Å². The third-order valence-electron chi connectivity index (χ3n) is 6.06. The third kappa shape index (κ3) is 4.03. The summed E-state index contributed by atoms with van der Waals surface area (Å²) < 4.78 is 5.39. The zero-order valence-electron chi connectivity index (χ0n) is 17.8.